The van der Waals surface area contributed by atoms with Gasteiger partial charge in [0.15, 0.2) is 0 Å². The van der Waals surface area contributed by atoms with E-state index in [-0.39, 0.29) is 6.29 Å². The van der Waals surface area contributed by atoms with Crippen molar-refractivity contribution in [1.82, 2.24) is 4.98 Å². The Balaban J connectivity index is 2.49. The number of hydrogen-bond donors (Lipinski definition) is 3. The van der Waals surface area contributed by atoms with Crippen molar-refractivity contribution in [3.63, 3.8) is 0 Å². The Morgan fingerprint density at radius 1 is 1.16 bits per heavy atom. The number of nitrogens with one attached hydrogen (secondary N) is 1. The van der Waals surface area contributed by atoms with Gasteiger partial charge in [-0.25, -0.2) is 14.4 Å². The highest BCUT2D eigenvalue weighted by Crippen LogP contribution is 2.28. The monoisotopic (exact) mass is 347 g/mol. The molecule has 0 aliphatic rings. The molecular formula is C16H13NO8. The summed E-state index contributed by atoms with van der Waals surface area (Å²) in [4.78, 5) is 58.9. The van der Waals surface area contributed by atoms with E-state index < -0.39 is 42.1 Å². The molecule has 0 fully saturated rings. The summed E-state index contributed by atoms with van der Waals surface area (Å²) in [6.07, 6.45) is -0.401. The number of aromatic amines is 1. The molecule has 0 amide bonds. The number of aliphatic carboxylic acids is 2. The molecule has 1 heterocycles. The average Bonchev–Trinajstić information content (AvgIpc) is 2.97. The minimum absolute atomic E-state index is 0.252. The van der Waals surface area contributed by atoms with E-state index in [1.165, 1.54) is 6.20 Å². The number of ether oxygens (including phenoxy) is 1. The zero-order chi connectivity index (χ0) is 18.6. The predicted molar refractivity (Wildman–Crippen MR) is 81.8 cm³/mol. The first kappa shape index (κ1) is 17.9. The Labute approximate surface area is 140 Å². The number of esters is 1. The van der Waals surface area contributed by atoms with Crippen LogP contribution in [-0.2, 0) is 35.1 Å². The molecule has 3 N–H and O–H groups in total. The van der Waals surface area contributed by atoms with E-state index in [1.807, 2.05) is 0 Å². The normalized spacial score (nSPS) is 13.0. The Hall–Kier alpha value is -3.49. The largest absolute Gasteiger partial charge is 0.478 e. The molecule has 1 aromatic carbocycles. The molecule has 130 valence electrons. The molecule has 9 heteroatoms. The van der Waals surface area contributed by atoms with Crippen LogP contribution in [0.1, 0.15) is 12.0 Å². The van der Waals surface area contributed by atoms with Gasteiger partial charge in [0.05, 0.1) is 6.42 Å². The minimum Gasteiger partial charge on any atom is -0.478 e. The number of hydrogen-bond acceptors (Lipinski definition) is 6. The number of carboxylic acids is 2. The number of ketones is 1. The maximum atomic E-state index is 11.7. The van der Waals surface area contributed by atoms with Crippen molar-refractivity contribution in [2.75, 3.05) is 0 Å². The fourth-order valence-electron chi connectivity index (χ4n) is 2.47. The van der Waals surface area contributed by atoms with E-state index in [0.29, 0.717) is 16.5 Å². The molecule has 0 bridgehead atoms. The Kier molecular flexibility index (Phi) is 4.97. The molecule has 0 spiro atoms. The zero-order valence-corrected chi connectivity index (χ0v) is 12.7. The summed E-state index contributed by atoms with van der Waals surface area (Å²) in [5, 5.41) is 18.9. The van der Waals surface area contributed by atoms with Gasteiger partial charge in [-0.15, -0.1) is 0 Å². The van der Waals surface area contributed by atoms with Crippen LogP contribution >= 0.6 is 0 Å². The zero-order valence-electron chi connectivity index (χ0n) is 12.7. The van der Waals surface area contributed by atoms with Crippen molar-refractivity contribution in [2.24, 2.45) is 0 Å². The van der Waals surface area contributed by atoms with Crippen molar-refractivity contribution in [3.05, 3.63) is 36.0 Å². The lowest BCUT2D eigenvalue weighted by Gasteiger charge is -2.27. The summed E-state index contributed by atoms with van der Waals surface area (Å²) in [5.74, 6) is -6.57. The summed E-state index contributed by atoms with van der Waals surface area (Å²) in [7, 11) is 0. The quantitative estimate of drug-likeness (QED) is 0.351. The van der Waals surface area contributed by atoms with Gasteiger partial charge in [-0.2, -0.15) is 0 Å². The number of para-hydroxylation sites is 1. The van der Waals surface area contributed by atoms with Crippen LogP contribution in [0.4, 0.5) is 0 Å². The van der Waals surface area contributed by atoms with Crippen LogP contribution in [-0.4, -0.2) is 50.8 Å². The molecule has 0 saturated carbocycles. The molecule has 0 radical (unpaired) electrons. The SMILES string of the molecule is O=CC(=O)OC(CC(=O)C(=O)O)(Cc1c[nH]c2ccccc12)C(=O)O. The van der Waals surface area contributed by atoms with Crippen molar-refractivity contribution < 1.29 is 38.9 Å². The standard InChI is InChI=1S/C16H13NO8/c18-8-13(20)25-16(15(23)24,6-12(19)14(21)22)5-9-7-17-11-4-2-1-3-10(9)11/h1-4,7-8,17H,5-6H2,(H,21,22)(H,23,24). The van der Waals surface area contributed by atoms with Crippen LogP contribution < -0.4 is 0 Å². The number of carboxylic acid groups (broad SMARTS) is 2. The molecular weight excluding hydrogens is 334 g/mol. The first-order valence-electron chi connectivity index (χ1n) is 7.02. The first-order chi connectivity index (χ1) is 11.8. The lowest BCUT2D eigenvalue weighted by Crippen LogP contribution is -2.48. The highest BCUT2D eigenvalue weighted by atomic mass is 16.6. The van der Waals surface area contributed by atoms with Crippen LogP contribution in [0.15, 0.2) is 30.5 Å². The highest BCUT2D eigenvalue weighted by molar-refractivity contribution is 6.33. The van der Waals surface area contributed by atoms with Crippen molar-refractivity contribution >= 4 is 40.9 Å². The second-order valence-electron chi connectivity index (χ2n) is 5.28. The number of Topliss-reactive ketones (excluding diaryl/α,β-unsaturated/α-hetero) is 1. The van der Waals surface area contributed by atoms with Crippen LogP contribution in [0.25, 0.3) is 10.9 Å². The van der Waals surface area contributed by atoms with E-state index in [9.17, 15) is 29.1 Å². The molecule has 1 aromatic heterocycles. The number of fused-ring (bicyclic) bond motifs is 1. The molecule has 0 saturated heterocycles. The summed E-state index contributed by atoms with van der Waals surface area (Å²) in [6, 6.07) is 6.84. The van der Waals surface area contributed by atoms with Crippen molar-refractivity contribution in [3.8, 4) is 0 Å². The van der Waals surface area contributed by atoms with Gasteiger partial charge in [-0.05, 0) is 11.6 Å². The molecule has 2 rings (SSSR count). The van der Waals surface area contributed by atoms with E-state index in [4.69, 9.17) is 5.11 Å². The number of carbonyl (C=O) groups excluding carboxylic acids is 3. The lowest BCUT2D eigenvalue weighted by atomic mass is 9.88. The van der Waals surface area contributed by atoms with Crippen LogP contribution in [0.5, 0.6) is 0 Å². The van der Waals surface area contributed by atoms with E-state index in [0.717, 1.165) is 0 Å². The third kappa shape index (κ3) is 3.71. The van der Waals surface area contributed by atoms with Gasteiger partial charge in [0.25, 0.3) is 0 Å². The Bertz CT molecular complexity index is 868. The van der Waals surface area contributed by atoms with Crippen molar-refractivity contribution in [1.29, 1.82) is 0 Å². The summed E-state index contributed by atoms with van der Waals surface area (Å²) < 4.78 is 4.69. The summed E-state index contributed by atoms with van der Waals surface area (Å²) in [6.45, 7) is 0. The third-order valence-electron chi connectivity index (χ3n) is 3.62. The molecule has 2 aromatic rings. The summed E-state index contributed by atoms with van der Waals surface area (Å²) in [5.41, 5.74) is -1.46. The number of H-pyrrole nitrogens is 1. The van der Waals surface area contributed by atoms with Crippen LogP contribution in [0.2, 0.25) is 0 Å². The van der Waals surface area contributed by atoms with Crippen molar-refractivity contribution in [2.45, 2.75) is 18.4 Å². The minimum atomic E-state index is -2.52. The lowest BCUT2D eigenvalue weighted by molar-refractivity contribution is -0.180. The first-order valence-corrected chi connectivity index (χ1v) is 7.02. The third-order valence-corrected chi connectivity index (χ3v) is 3.62. The average molecular weight is 347 g/mol. The molecule has 25 heavy (non-hydrogen) atoms. The molecule has 0 aliphatic heterocycles. The highest BCUT2D eigenvalue weighted by Gasteiger charge is 2.46. The van der Waals surface area contributed by atoms with E-state index in [2.05, 4.69) is 9.72 Å². The maximum Gasteiger partial charge on any atom is 0.372 e. The Morgan fingerprint density at radius 2 is 1.84 bits per heavy atom. The van der Waals surface area contributed by atoms with Gasteiger partial charge in [-0.3, -0.25) is 9.59 Å². The number of carbonyl (C=O) groups is 5. The van der Waals surface area contributed by atoms with Crippen LogP contribution in [0.3, 0.4) is 0 Å². The summed E-state index contributed by atoms with van der Waals surface area (Å²) >= 11 is 0. The predicted octanol–water partition coefficient (Wildman–Crippen LogP) is 0.320. The van der Waals surface area contributed by atoms with Crippen LogP contribution in [0, 0.1) is 0 Å². The second-order valence-corrected chi connectivity index (χ2v) is 5.28. The fraction of sp³-hybridized carbons (Fsp3) is 0.188. The fourth-order valence-corrected chi connectivity index (χ4v) is 2.47. The smallest absolute Gasteiger partial charge is 0.372 e. The molecule has 1 atom stereocenters. The molecule has 0 aliphatic carbocycles. The second kappa shape index (κ2) is 6.95. The van der Waals surface area contributed by atoms with Gasteiger partial charge < -0.3 is 19.9 Å². The molecule has 9 nitrogen and oxygen atoms in total. The number of rotatable bonds is 8. The van der Waals surface area contributed by atoms with Gasteiger partial charge in [-0.1, -0.05) is 18.2 Å². The van der Waals surface area contributed by atoms with E-state index >= 15 is 0 Å². The van der Waals surface area contributed by atoms with Gasteiger partial charge in [0.2, 0.25) is 17.7 Å². The Morgan fingerprint density at radius 3 is 2.44 bits per heavy atom. The topological polar surface area (TPSA) is 151 Å². The number of aldehydes is 1. The van der Waals surface area contributed by atoms with Gasteiger partial charge in [0, 0.05) is 23.5 Å². The van der Waals surface area contributed by atoms with Gasteiger partial charge >= 0.3 is 17.9 Å². The van der Waals surface area contributed by atoms with E-state index in [1.54, 1.807) is 24.3 Å². The maximum absolute atomic E-state index is 11.7. The number of benzene rings is 1. The molecule has 1 unspecified atom stereocenters. The van der Waals surface area contributed by atoms with Gasteiger partial charge in [0.1, 0.15) is 0 Å². The number of aromatic nitrogens is 1.